The van der Waals surface area contributed by atoms with Crippen LogP contribution in [0, 0.1) is 29.8 Å². The molecule has 0 aliphatic rings. The lowest BCUT2D eigenvalue weighted by Crippen LogP contribution is -2.03. The van der Waals surface area contributed by atoms with E-state index < -0.39 is 4.92 Å². The first-order valence-corrected chi connectivity index (χ1v) is 6.98. The van der Waals surface area contributed by atoms with Crippen LogP contribution in [0.4, 0.5) is 15.9 Å². The fourth-order valence-corrected chi connectivity index (χ4v) is 2.42. The molecule has 23 heavy (non-hydrogen) atoms. The summed E-state index contributed by atoms with van der Waals surface area (Å²) in [5, 5.41) is 14.6. The molecule has 1 N–H and O–H groups in total. The normalized spacial score (nSPS) is 10.9. The van der Waals surface area contributed by atoms with Crippen LogP contribution in [0.5, 0.6) is 0 Å². The number of anilines is 1. The number of halogens is 1. The van der Waals surface area contributed by atoms with Crippen molar-refractivity contribution in [2.24, 2.45) is 0 Å². The minimum Gasteiger partial charge on any atom is -0.459 e. The molecule has 1 aromatic carbocycles. The van der Waals surface area contributed by atoms with Crippen molar-refractivity contribution in [3.63, 3.8) is 0 Å². The van der Waals surface area contributed by atoms with Gasteiger partial charge in [0, 0.05) is 16.5 Å². The van der Waals surface area contributed by atoms with Crippen molar-refractivity contribution in [1.29, 1.82) is 0 Å². The maximum atomic E-state index is 13.3. The van der Waals surface area contributed by atoms with E-state index in [9.17, 15) is 14.5 Å². The van der Waals surface area contributed by atoms with E-state index in [1.807, 2.05) is 6.92 Å². The zero-order valence-electron chi connectivity index (χ0n) is 12.6. The molecule has 0 unspecified atom stereocenters. The number of nitrogens with one attached hydrogen (secondary N) is 1. The van der Waals surface area contributed by atoms with Crippen molar-refractivity contribution >= 4 is 22.5 Å². The number of aryl methyl sites for hydroxylation is 2. The molecule has 0 aliphatic carbocycles. The van der Waals surface area contributed by atoms with Crippen LogP contribution in [0.25, 0.3) is 11.0 Å². The van der Waals surface area contributed by atoms with E-state index in [1.165, 1.54) is 18.3 Å². The van der Waals surface area contributed by atoms with E-state index >= 15 is 0 Å². The van der Waals surface area contributed by atoms with Gasteiger partial charge in [-0.05, 0) is 38.1 Å². The van der Waals surface area contributed by atoms with Gasteiger partial charge in [0.15, 0.2) is 0 Å². The van der Waals surface area contributed by atoms with Crippen LogP contribution in [-0.2, 0) is 6.54 Å². The smallest absolute Gasteiger partial charge is 0.290 e. The van der Waals surface area contributed by atoms with Gasteiger partial charge in [-0.15, -0.1) is 0 Å². The Balaban J connectivity index is 1.82. The van der Waals surface area contributed by atoms with Gasteiger partial charge in [0.25, 0.3) is 5.69 Å². The number of rotatable bonds is 4. The van der Waals surface area contributed by atoms with Crippen molar-refractivity contribution in [2.75, 3.05) is 5.32 Å². The van der Waals surface area contributed by atoms with Crippen LogP contribution in [0.3, 0.4) is 0 Å². The van der Waals surface area contributed by atoms with Gasteiger partial charge in [-0.2, -0.15) is 0 Å². The number of benzene rings is 1. The van der Waals surface area contributed by atoms with Gasteiger partial charge in [-0.3, -0.25) is 10.1 Å². The minimum absolute atomic E-state index is 0.0223. The highest BCUT2D eigenvalue weighted by Gasteiger charge is 2.13. The Bertz CT molecular complexity index is 905. The zero-order valence-corrected chi connectivity index (χ0v) is 12.6. The summed E-state index contributed by atoms with van der Waals surface area (Å²) in [5.41, 5.74) is 1.97. The van der Waals surface area contributed by atoms with E-state index in [0.717, 1.165) is 10.9 Å². The monoisotopic (exact) mass is 315 g/mol. The number of furan rings is 1. The Labute approximate surface area is 131 Å². The molecule has 2 aromatic heterocycles. The second-order valence-corrected chi connectivity index (χ2v) is 5.26. The van der Waals surface area contributed by atoms with Gasteiger partial charge in [0.1, 0.15) is 29.2 Å². The third-order valence-corrected chi connectivity index (χ3v) is 3.71. The molecule has 0 radical (unpaired) electrons. The topological polar surface area (TPSA) is 81.2 Å². The molecule has 118 valence electrons. The summed E-state index contributed by atoms with van der Waals surface area (Å²) < 4.78 is 19.0. The fraction of sp³-hybridized carbons (Fsp3) is 0.188. The number of hydrogen-bond acceptors (Lipinski definition) is 5. The molecule has 0 aliphatic heterocycles. The molecule has 0 amide bonds. The number of fused-ring (bicyclic) bond motifs is 1. The molecule has 7 heteroatoms. The summed E-state index contributed by atoms with van der Waals surface area (Å²) in [6.07, 6.45) is 1.22. The number of nitro groups is 1. The van der Waals surface area contributed by atoms with E-state index in [4.69, 9.17) is 4.42 Å². The highest BCUT2D eigenvalue weighted by atomic mass is 19.1. The van der Waals surface area contributed by atoms with Gasteiger partial charge in [0.2, 0.25) is 0 Å². The lowest BCUT2D eigenvalue weighted by Gasteiger charge is -2.05. The predicted octanol–water partition coefficient (Wildman–Crippen LogP) is 4.10. The minimum atomic E-state index is -0.468. The summed E-state index contributed by atoms with van der Waals surface area (Å²) >= 11 is 0. The van der Waals surface area contributed by atoms with Crippen molar-refractivity contribution in [2.45, 2.75) is 20.4 Å². The van der Waals surface area contributed by atoms with Crippen LogP contribution >= 0.6 is 0 Å². The third kappa shape index (κ3) is 2.85. The van der Waals surface area contributed by atoms with Crippen LogP contribution in [0.1, 0.15) is 16.9 Å². The van der Waals surface area contributed by atoms with Gasteiger partial charge >= 0.3 is 0 Å². The molecule has 3 aromatic rings. The second-order valence-electron chi connectivity index (χ2n) is 5.26. The molecule has 6 nitrogen and oxygen atoms in total. The summed E-state index contributed by atoms with van der Waals surface area (Å²) in [7, 11) is 0. The van der Waals surface area contributed by atoms with Crippen molar-refractivity contribution in [3.8, 4) is 0 Å². The van der Waals surface area contributed by atoms with E-state index in [0.29, 0.717) is 29.3 Å². The first-order valence-electron chi connectivity index (χ1n) is 6.98. The molecule has 3 rings (SSSR count). The first-order chi connectivity index (χ1) is 11.0. The van der Waals surface area contributed by atoms with E-state index in [-0.39, 0.29) is 11.5 Å². The van der Waals surface area contributed by atoms with Gasteiger partial charge < -0.3 is 9.73 Å². The van der Waals surface area contributed by atoms with Crippen LogP contribution < -0.4 is 5.32 Å². The maximum Gasteiger partial charge on any atom is 0.290 e. The largest absolute Gasteiger partial charge is 0.459 e. The van der Waals surface area contributed by atoms with Crippen LogP contribution in [0.2, 0.25) is 0 Å². The number of aromatic nitrogens is 1. The summed E-state index contributed by atoms with van der Waals surface area (Å²) in [6.45, 7) is 3.86. The average Bonchev–Trinajstić information content (AvgIpc) is 2.81. The Hall–Kier alpha value is -2.96. The van der Waals surface area contributed by atoms with E-state index in [1.54, 1.807) is 19.1 Å². The first kappa shape index (κ1) is 15.0. The average molecular weight is 315 g/mol. The molecule has 0 bridgehead atoms. The zero-order chi connectivity index (χ0) is 16.6. The highest BCUT2D eigenvalue weighted by molar-refractivity contribution is 5.82. The van der Waals surface area contributed by atoms with Gasteiger partial charge in [-0.25, -0.2) is 9.37 Å². The Morgan fingerprint density at radius 1 is 1.35 bits per heavy atom. The molecule has 0 spiro atoms. The quantitative estimate of drug-likeness (QED) is 0.579. The SMILES string of the molecule is Cc1cc(NCc2oc3ccc(F)cc3c2C)ncc1[N+](=O)[O-]. The Morgan fingerprint density at radius 2 is 2.13 bits per heavy atom. The van der Waals surface area contributed by atoms with Crippen molar-refractivity contribution in [3.05, 3.63) is 63.3 Å². The summed E-state index contributed by atoms with van der Waals surface area (Å²) in [4.78, 5) is 14.3. The molecular formula is C16H14FN3O3. The number of pyridine rings is 1. The predicted molar refractivity (Wildman–Crippen MR) is 83.9 cm³/mol. The molecular weight excluding hydrogens is 301 g/mol. The molecule has 0 fully saturated rings. The van der Waals surface area contributed by atoms with E-state index in [2.05, 4.69) is 10.3 Å². The van der Waals surface area contributed by atoms with Crippen LogP contribution in [0.15, 0.2) is 34.9 Å². The lowest BCUT2D eigenvalue weighted by molar-refractivity contribution is -0.385. The second kappa shape index (κ2) is 5.68. The van der Waals surface area contributed by atoms with Gasteiger partial charge in [0.05, 0.1) is 11.5 Å². The molecule has 0 saturated heterocycles. The standard InChI is InChI=1S/C16H14FN3O3/c1-9-5-16(18-7-13(9)20(21)22)19-8-15-10(2)12-6-11(17)3-4-14(12)23-15/h3-7H,8H2,1-2H3,(H,18,19). The molecule has 2 heterocycles. The number of hydrogen-bond donors (Lipinski definition) is 1. The van der Waals surface area contributed by atoms with Crippen molar-refractivity contribution < 1.29 is 13.7 Å². The molecule has 0 atom stereocenters. The Morgan fingerprint density at radius 3 is 2.83 bits per heavy atom. The van der Waals surface area contributed by atoms with Crippen LogP contribution in [-0.4, -0.2) is 9.91 Å². The molecule has 0 saturated carbocycles. The maximum absolute atomic E-state index is 13.3. The number of nitrogens with zero attached hydrogens (tertiary/aromatic N) is 2. The summed E-state index contributed by atoms with van der Waals surface area (Å²) in [5.74, 6) is 0.871. The highest BCUT2D eigenvalue weighted by Crippen LogP contribution is 2.27. The fourth-order valence-electron chi connectivity index (χ4n) is 2.42. The summed E-state index contributed by atoms with van der Waals surface area (Å²) in [6, 6.07) is 5.99. The third-order valence-electron chi connectivity index (χ3n) is 3.71. The van der Waals surface area contributed by atoms with Crippen molar-refractivity contribution in [1.82, 2.24) is 4.98 Å². The Kier molecular flexibility index (Phi) is 3.69. The van der Waals surface area contributed by atoms with Gasteiger partial charge in [-0.1, -0.05) is 0 Å². The lowest BCUT2D eigenvalue weighted by atomic mass is 10.1.